The van der Waals surface area contributed by atoms with E-state index in [0.717, 1.165) is 5.56 Å². The summed E-state index contributed by atoms with van der Waals surface area (Å²) in [6, 6.07) is 4.91. The highest BCUT2D eigenvalue weighted by molar-refractivity contribution is 7.89. The van der Waals surface area contributed by atoms with Crippen molar-refractivity contribution in [1.82, 2.24) is 5.32 Å². The van der Waals surface area contributed by atoms with Crippen LogP contribution in [0.4, 0.5) is 0 Å². The van der Waals surface area contributed by atoms with Gasteiger partial charge in [-0.25, -0.2) is 18.5 Å². The van der Waals surface area contributed by atoms with Gasteiger partial charge >= 0.3 is 0 Å². The second kappa shape index (κ2) is 5.80. The van der Waals surface area contributed by atoms with Gasteiger partial charge in [0.1, 0.15) is 0 Å². The van der Waals surface area contributed by atoms with Crippen molar-refractivity contribution < 1.29 is 8.42 Å². The van der Waals surface area contributed by atoms with Gasteiger partial charge in [-0.15, -0.1) is 0 Å². The molecule has 1 aromatic rings. The van der Waals surface area contributed by atoms with Gasteiger partial charge in [-0.2, -0.15) is 0 Å². The number of guanidine groups is 1. The first-order valence-corrected chi connectivity index (χ1v) is 7.74. The van der Waals surface area contributed by atoms with E-state index in [4.69, 9.17) is 10.9 Å². The third kappa shape index (κ3) is 5.18. The van der Waals surface area contributed by atoms with E-state index in [9.17, 15) is 8.42 Å². The first-order chi connectivity index (χ1) is 8.99. The summed E-state index contributed by atoms with van der Waals surface area (Å²) in [5.41, 5.74) is 7.08. The Morgan fingerprint density at radius 3 is 2.40 bits per heavy atom. The maximum atomic E-state index is 11.3. The van der Waals surface area contributed by atoms with Crippen molar-refractivity contribution in [2.24, 2.45) is 15.9 Å². The van der Waals surface area contributed by atoms with Gasteiger partial charge in [-0.05, 0) is 44.9 Å². The number of aryl methyl sites for hydroxylation is 1. The van der Waals surface area contributed by atoms with Gasteiger partial charge in [0.25, 0.3) is 0 Å². The molecule has 0 amide bonds. The summed E-state index contributed by atoms with van der Waals surface area (Å²) < 4.78 is 22.6. The number of rotatable bonds is 3. The van der Waals surface area contributed by atoms with Gasteiger partial charge in [0, 0.05) is 5.54 Å². The van der Waals surface area contributed by atoms with Crippen molar-refractivity contribution in [3.05, 3.63) is 29.3 Å². The maximum absolute atomic E-state index is 11.3. The maximum Gasteiger partial charge on any atom is 0.238 e. The topological polar surface area (TPSA) is 111 Å². The van der Waals surface area contributed by atoms with Crippen molar-refractivity contribution in [3.63, 3.8) is 0 Å². The number of benzene rings is 1. The summed E-state index contributed by atoms with van der Waals surface area (Å²) in [6.07, 6.45) is 0. The zero-order chi connectivity index (χ0) is 15.6. The summed E-state index contributed by atoms with van der Waals surface area (Å²) in [5.74, 6) is 0.352. The third-order valence-corrected chi connectivity index (χ3v) is 3.55. The Morgan fingerprint density at radius 2 is 1.95 bits per heavy atom. The van der Waals surface area contributed by atoms with Crippen LogP contribution in [0.3, 0.4) is 0 Å². The monoisotopic (exact) mass is 298 g/mol. The lowest BCUT2D eigenvalue weighted by Crippen LogP contribution is -2.44. The van der Waals surface area contributed by atoms with Gasteiger partial charge in [0.05, 0.1) is 11.4 Å². The first kappa shape index (κ1) is 16.5. The fraction of sp³-hybridized carbons (Fsp3) is 0.462. The highest BCUT2D eigenvalue weighted by Gasteiger charge is 2.12. The lowest BCUT2D eigenvalue weighted by atomic mass is 10.1. The Bertz CT molecular complexity index is 616. The average molecular weight is 298 g/mol. The molecule has 0 heterocycles. The lowest BCUT2D eigenvalue weighted by Gasteiger charge is -2.21. The smallest absolute Gasteiger partial charge is 0.238 e. The van der Waals surface area contributed by atoms with Crippen LogP contribution < -0.4 is 16.2 Å². The van der Waals surface area contributed by atoms with Gasteiger partial charge in [-0.1, -0.05) is 12.1 Å². The van der Waals surface area contributed by atoms with Crippen LogP contribution in [0.25, 0.3) is 0 Å². The number of primary sulfonamides is 1. The van der Waals surface area contributed by atoms with Crippen LogP contribution in [-0.4, -0.2) is 19.9 Å². The van der Waals surface area contributed by atoms with E-state index in [-0.39, 0.29) is 10.4 Å². The molecule has 20 heavy (non-hydrogen) atoms. The molecule has 0 aromatic heterocycles. The zero-order valence-electron chi connectivity index (χ0n) is 12.3. The molecule has 0 fully saturated rings. The lowest BCUT2D eigenvalue weighted by molar-refractivity contribution is 0.508. The first-order valence-electron chi connectivity index (χ1n) is 6.19. The Morgan fingerprint density at radius 1 is 1.35 bits per heavy atom. The van der Waals surface area contributed by atoms with Crippen LogP contribution in [-0.2, 0) is 16.6 Å². The number of hydrogen-bond acceptors (Lipinski definition) is 3. The zero-order valence-corrected chi connectivity index (χ0v) is 13.1. The number of hydrogen-bond donors (Lipinski definition) is 3. The van der Waals surface area contributed by atoms with E-state index in [1.165, 1.54) is 6.07 Å². The highest BCUT2D eigenvalue weighted by atomic mass is 32.2. The highest BCUT2D eigenvalue weighted by Crippen LogP contribution is 2.15. The van der Waals surface area contributed by atoms with Gasteiger partial charge < -0.3 is 11.1 Å². The van der Waals surface area contributed by atoms with E-state index >= 15 is 0 Å². The van der Waals surface area contributed by atoms with Crippen molar-refractivity contribution in [2.45, 2.75) is 44.7 Å². The van der Waals surface area contributed by atoms with Crippen LogP contribution >= 0.6 is 0 Å². The van der Waals surface area contributed by atoms with Crippen molar-refractivity contribution in [3.8, 4) is 0 Å². The number of nitrogens with zero attached hydrogens (tertiary/aromatic N) is 1. The summed E-state index contributed by atoms with van der Waals surface area (Å²) in [6.45, 7) is 8.03. The standard InChI is InChI=1S/C13H22N4O2S/c1-9-7-10(5-6-11(9)20(15,18)19)8-16-12(14)17-13(2,3)4/h5-7H,8H2,1-4H3,(H3,14,16,17)(H2,15,18,19). The minimum absolute atomic E-state index is 0.131. The molecule has 0 radical (unpaired) electrons. The number of sulfonamides is 1. The quantitative estimate of drug-likeness (QED) is 0.567. The van der Waals surface area contributed by atoms with Crippen LogP contribution in [0.1, 0.15) is 31.9 Å². The SMILES string of the molecule is Cc1cc(CN=C(N)NC(C)(C)C)ccc1S(N)(=O)=O. The molecule has 0 unspecified atom stereocenters. The molecule has 0 spiro atoms. The molecular formula is C13H22N4O2S. The molecular weight excluding hydrogens is 276 g/mol. The van der Waals surface area contributed by atoms with E-state index in [1.807, 2.05) is 20.8 Å². The summed E-state index contributed by atoms with van der Waals surface area (Å²) in [7, 11) is -3.68. The molecule has 0 bridgehead atoms. The van der Waals surface area contributed by atoms with Crippen LogP contribution in [0.5, 0.6) is 0 Å². The van der Waals surface area contributed by atoms with Crippen molar-refractivity contribution in [1.29, 1.82) is 0 Å². The summed E-state index contributed by atoms with van der Waals surface area (Å²) in [5, 5.41) is 8.17. The predicted molar refractivity (Wildman–Crippen MR) is 80.8 cm³/mol. The second-order valence-electron chi connectivity index (χ2n) is 5.72. The number of aliphatic imine (C=N–C) groups is 1. The largest absolute Gasteiger partial charge is 0.370 e. The van der Waals surface area contributed by atoms with Crippen LogP contribution in [0.2, 0.25) is 0 Å². The van der Waals surface area contributed by atoms with E-state index < -0.39 is 10.0 Å². The molecule has 6 nitrogen and oxygen atoms in total. The van der Waals surface area contributed by atoms with Gasteiger partial charge in [0.15, 0.2) is 5.96 Å². The Labute approximate surface area is 120 Å². The molecule has 112 valence electrons. The van der Waals surface area contributed by atoms with Crippen molar-refractivity contribution >= 4 is 16.0 Å². The normalized spacial score (nSPS) is 13.3. The molecule has 0 atom stereocenters. The molecule has 1 rings (SSSR count). The predicted octanol–water partition coefficient (Wildman–Crippen LogP) is 0.845. The molecule has 7 heteroatoms. The summed E-state index contributed by atoms with van der Waals surface area (Å²) >= 11 is 0. The molecule has 0 aliphatic rings. The molecule has 0 saturated heterocycles. The molecule has 0 saturated carbocycles. The van der Waals surface area contributed by atoms with Gasteiger partial charge in [0.2, 0.25) is 10.0 Å². The van der Waals surface area contributed by atoms with E-state index in [2.05, 4.69) is 10.3 Å². The Hall–Kier alpha value is -1.60. The van der Waals surface area contributed by atoms with E-state index in [0.29, 0.717) is 18.1 Å². The van der Waals surface area contributed by atoms with E-state index in [1.54, 1.807) is 19.1 Å². The average Bonchev–Trinajstić information content (AvgIpc) is 2.22. The molecule has 0 aliphatic carbocycles. The minimum atomic E-state index is -3.68. The molecule has 5 N–H and O–H groups in total. The Balaban J connectivity index is 2.86. The van der Waals surface area contributed by atoms with Crippen molar-refractivity contribution in [2.75, 3.05) is 0 Å². The number of nitrogens with two attached hydrogens (primary N) is 2. The number of nitrogens with one attached hydrogen (secondary N) is 1. The third-order valence-electron chi connectivity index (χ3n) is 2.48. The minimum Gasteiger partial charge on any atom is -0.370 e. The van der Waals surface area contributed by atoms with Crippen LogP contribution in [0, 0.1) is 6.92 Å². The second-order valence-corrected chi connectivity index (χ2v) is 7.25. The van der Waals surface area contributed by atoms with Gasteiger partial charge in [-0.3, -0.25) is 0 Å². The van der Waals surface area contributed by atoms with Crippen LogP contribution in [0.15, 0.2) is 28.1 Å². The Kier molecular flexibility index (Phi) is 4.77. The summed E-state index contributed by atoms with van der Waals surface area (Å²) in [4.78, 5) is 4.35. The molecule has 0 aliphatic heterocycles. The fourth-order valence-corrected chi connectivity index (χ4v) is 2.49. The fourth-order valence-electron chi connectivity index (χ4n) is 1.73. The molecule has 1 aromatic carbocycles.